The molecule has 0 heterocycles. The number of amides is 1. The van der Waals surface area contributed by atoms with Crippen LogP contribution in [0.3, 0.4) is 0 Å². The van der Waals surface area contributed by atoms with Crippen molar-refractivity contribution in [3.05, 3.63) is 54.1 Å². The van der Waals surface area contributed by atoms with Gasteiger partial charge in [0, 0.05) is 11.3 Å². The first-order valence-electron chi connectivity index (χ1n) is 10.6. The van der Waals surface area contributed by atoms with E-state index in [4.69, 9.17) is 21.7 Å². The molecule has 0 radical (unpaired) electrons. The Kier molecular flexibility index (Phi) is 10.1. The third-order valence-electron chi connectivity index (χ3n) is 4.61. The molecule has 6 heteroatoms. The average molecular weight is 429 g/mol. The average Bonchev–Trinajstić information content (AvgIpc) is 2.74. The molecule has 1 amide bonds. The molecule has 1 unspecified atom stereocenters. The first-order valence-corrected chi connectivity index (χ1v) is 11.0. The summed E-state index contributed by atoms with van der Waals surface area (Å²) in [6, 6.07) is 14.6. The molecule has 2 rings (SSSR count). The third-order valence-corrected chi connectivity index (χ3v) is 4.82. The Balaban J connectivity index is 1.82. The molecule has 5 nitrogen and oxygen atoms in total. The summed E-state index contributed by atoms with van der Waals surface area (Å²) in [5.41, 5.74) is 1.28. The van der Waals surface area contributed by atoms with Crippen LogP contribution < -0.4 is 20.1 Å². The maximum absolute atomic E-state index is 12.5. The van der Waals surface area contributed by atoms with Crippen molar-refractivity contribution in [3.63, 3.8) is 0 Å². The molecular formula is C24H32N2O3S. The van der Waals surface area contributed by atoms with Crippen LogP contribution in [0.4, 0.5) is 5.69 Å². The zero-order valence-corrected chi connectivity index (χ0v) is 18.9. The van der Waals surface area contributed by atoms with Gasteiger partial charge in [-0.2, -0.15) is 0 Å². The van der Waals surface area contributed by atoms with Crippen molar-refractivity contribution < 1.29 is 14.3 Å². The standard InChI is InChI=1S/C24H32N2O3S/c1-4-6-7-8-16-28-21-14-12-20(13-15-21)25-24(30)26-23(27)19-10-9-11-22(17-19)29-18(3)5-2/h9-15,17-18H,4-8,16H2,1-3H3,(H2,25,26,27,30). The summed E-state index contributed by atoms with van der Waals surface area (Å²) in [7, 11) is 0. The number of hydrogen-bond acceptors (Lipinski definition) is 4. The number of anilines is 1. The van der Waals surface area contributed by atoms with Gasteiger partial charge in [0.1, 0.15) is 11.5 Å². The van der Waals surface area contributed by atoms with Crippen molar-refractivity contribution in [1.29, 1.82) is 0 Å². The van der Waals surface area contributed by atoms with E-state index in [9.17, 15) is 4.79 Å². The fraction of sp³-hybridized carbons (Fsp3) is 0.417. The predicted octanol–water partition coefficient (Wildman–Crippen LogP) is 5.95. The zero-order valence-electron chi connectivity index (χ0n) is 18.1. The maximum Gasteiger partial charge on any atom is 0.257 e. The van der Waals surface area contributed by atoms with Crippen LogP contribution >= 0.6 is 12.2 Å². The summed E-state index contributed by atoms with van der Waals surface area (Å²) in [6.45, 7) is 6.96. The number of nitrogens with one attached hydrogen (secondary N) is 2. The number of unbranched alkanes of at least 4 members (excludes halogenated alkanes) is 3. The van der Waals surface area contributed by atoms with Gasteiger partial charge in [-0.25, -0.2) is 0 Å². The van der Waals surface area contributed by atoms with E-state index < -0.39 is 0 Å². The van der Waals surface area contributed by atoms with Gasteiger partial charge in [0.2, 0.25) is 0 Å². The highest BCUT2D eigenvalue weighted by molar-refractivity contribution is 7.80. The Morgan fingerprint density at radius 3 is 2.50 bits per heavy atom. The SMILES string of the molecule is CCCCCCOc1ccc(NC(=S)NC(=O)c2cccc(OC(C)CC)c2)cc1. The second kappa shape index (κ2) is 12.9. The van der Waals surface area contributed by atoms with Gasteiger partial charge in [0.15, 0.2) is 5.11 Å². The van der Waals surface area contributed by atoms with Crippen LogP contribution in [-0.2, 0) is 0 Å². The molecule has 2 N–H and O–H groups in total. The molecule has 0 saturated heterocycles. The van der Waals surface area contributed by atoms with E-state index in [2.05, 4.69) is 24.5 Å². The number of benzene rings is 2. The maximum atomic E-state index is 12.5. The van der Waals surface area contributed by atoms with Crippen LogP contribution in [-0.4, -0.2) is 23.7 Å². The van der Waals surface area contributed by atoms with Gasteiger partial charge in [0.05, 0.1) is 12.7 Å². The molecule has 0 saturated carbocycles. The molecule has 0 bridgehead atoms. The van der Waals surface area contributed by atoms with E-state index in [1.807, 2.05) is 37.3 Å². The first kappa shape index (κ1) is 23.7. The van der Waals surface area contributed by atoms with Crippen LogP contribution in [0.25, 0.3) is 0 Å². The van der Waals surface area contributed by atoms with Crippen LogP contribution in [0, 0.1) is 0 Å². The highest BCUT2D eigenvalue weighted by atomic mass is 32.1. The monoisotopic (exact) mass is 428 g/mol. The zero-order chi connectivity index (χ0) is 21.8. The second-order valence-electron chi connectivity index (χ2n) is 7.21. The summed E-state index contributed by atoms with van der Waals surface area (Å²) in [6.07, 6.45) is 5.70. The number of carbonyl (C=O) groups excluding carboxylic acids is 1. The molecule has 1 atom stereocenters. The molecule has 2 aromatic carbocycles. The Bertz CT molecular complexity index is 808. The molecule has 0 fully saturated rings. The molecule has 0 aliphatic heterocycles. The number of hydrogen-bond donors (Lipinski definition) is 2. The Labute approximate surface area is 185 Å². The Hall–Kier alpha value is -2.60. The largest absolute Gasteiger partial charge is 0.494 e. The van der Waals surface area contributed by atoms with Gasteiger partial charge < -0.3 is 14.8 Å². The smallest absolute Gasteiger partial charge is 0.257 e. The molecule has 30 heavy (non-hydrogen) atoms. The summed E-state index contributed by atoms with van der Waals surface area (Å²) in [4.78, 5) is 12.5. The first-order chi connectivity index (χ1) is 14.5. The summed E-state index contributed by atoms with van der Waals surface area (Å²) >= 11 is 5.27. The van der Waals surface area contributed by atoms with Crippen LogP contribution in [0.2, 0.25) is 0 Å². The van der Waals surface area contributed by atoms with E-state index in [0.717, 1.165) is 30.9 Å². The minimum Gasteiger partial charge on any atom is -0.494 e. The van der Waals surface area contributed by atoms with Crippen molar-refractivity contribution in [1.82, 2.24) is 5.32 Å². The van der Waals surface area contributed by atoms with Gasteiger partial charge in [0.25, 0.3) is 5.91 Å². The lowest BCUT2D eigenvalue weighted by molar-refractivity contribution is 0.0977. The van der Waals surface area contributed by atoms with Crippen LogP contribution in [0.5, 0.6) is 11.5 Å². The molecule has 0 spiro atoms. The van der Waals surface area contributed by atoms with Crippen molar-refractivity contribution in [2.24, 2.45) is 0 Å². The fourth-order valence-corrected chi connectivity index (χ4v) is 2.93. The minimum absolute atomic E-state index is 0.0920. The van der Waals surface area contributed by atoms with E-state index in [-0.39, 0.29) is 17.1 Å². The summed E-state index contributed by atoms with van der Waals surface area (Å²) in [5.74, 6) is 1.21. The number of thiocarbonyl (C=S) groups is 1. The molecule has 0 aliphatic carbocycles. The lowest BCUT2D eigenvalue weighted by Crippen LogP contribution is -2.34. The Morgan fingerprint density at radius 2 is 1.80 bits per heavy atom. The molecule has 0 aliphatic rings. The number of rotatable bonds is 11. The highest BCUT2D eigenvalue weighted by Crippen LogP contribution is 2.17. The summed E-state index contributed by atoms with van der Waals surface area (Å²) < 4.78 is 11.5. The van der Waals surface area contributed by atoms with E-state index in [1.54, 1.807) is 18.2 Å². The quantitative estimate of drug-likeness (QED) is 0.342. The van der Waals surface area contributed by atoms with Gasteiger partial charge in [-0.15, -0.1) is 0 Å². The second-order valence-corrected chi connectivity index (χ2v) is 7.61. The highest BCUT2D eigenvalue weighted by Gasteiger charge is 2.10. The molecule has 2 aromatic rings. The third kappa shape index (κ3) is 8.41. The topological polar surface area (TPSA) is 59.6 Å². The fourth-order valence-electron chi connectivity index (χ4n) is 2.72. The van der Waals surface area contributed by atoms with Gasteiger partial charge in [-0.05, 0) is 74.4 Å². The normalized spacial score (nSPS) is 11.4. The summed E-state index contributed by atoms with van der Waals surface area (Å²) in [5, 5.41) is 5.96. The number of carbonyl (C=O) groups is 1. The Morgan fingerprint density at radius 1 is 1.03 bits per heavy atom. The minimum atomic E-state index is -0.283. The van der Waals surface area contributed by atoms with Crippen molar-refractivity contribution in [3.8, 4) is 11.5 Å². The van der Waals surface area contributed by atoms with Gasteiger partial charge >= 0.3 is 0 Å². The number of ether oxygens (including phenoxy) is 2. The van der Waals surface area contributed by atoms with E-state index in [0.29, 0.717) is 11.3 Å². The predicted molar refractivity (Wildman–Crippen MR) is 127 cm³/mol. The molecule has 162 valence electrons. The van der Waals surface area contributed by atoms with Gasteiger partial charge in [-0.1, -0.05) is 39.2 Å². The van der Waals surface area contributed by atoms with E-state index in [1.165, 1.54) is 19.3 Å². The van der Waals surface area contributed by atoms with Crippen molar-refractivity contribution in [2.75, 3.05) is 11.9 Å². The van der Waals surface area contributed by atoms with Crippen LogP contribution in [0.15, 0.2) is 48.5 Å². The van der Waals surface area contributed by atoms with E-state index >= 15 is 0 Å². The van der Waals surface area contributed by atoms with Crippen LogP contribution in [0.1, 0.15) is 63.2 Å². The molecule has 0 aromatic heterocycles. The lowest BCUT2D eigenvalue weighted by atomic mass is 10.2. The lowest BCUT2D eigenvalue weighted by Gasteiger charge is -2.14. The van der Waals surface area contributed by atoms with Crippen molar-refractivity contribution in [2.45, 2.75) is 59.0 Å². The van der Waals surface area contributed by atoms with Gasteiger partial charge in [-0.3, -0.25) is 10.1 Å². The van der Waals surface area contributed by atoms with Crippen molar-refractivity contribution >= 4 is 28.9 Å². The molecular weight excluding hydrogens is 396 g/mol.